The second-order valence-electron chi connectivity index (χ2n) is 3.47. The molecule has 0 bridgehead atoms. The minimum absolute atomic E-state index is 0.151. The number of hydrogen-bond donors (Lipinski definition) is 0. The highest BCUT2D eigenvalue weighted by atomic mass is 32.2. The zero-order valence-electron chi connectivity index (χ0n) is 9.04. The van der Waals surface area contributed by atoms with Crippen molar-refractivity contribution in [1.29, 1.82) is 5.26 Å². The summed E-state index contributed by atoms with van der Waals surface area (Å²) in [5.41, 5.74) is 0.156. The largest absolute Gasteiger partial charge is 0.207 e. The lowest BCUT2D eigenvalue weighted by Crippen LogP contribution is -2.05. The quantitative estimate of drug-likeness (QED) is 0.573. The van der Waals surface area contributed by atoms with Gasteiger partial charge in [0.2, 0.25) is 0 Å². The smallest absolute Gasteiger partial charge is 0.133 e. The van der Waals surface area contributed by atoms with Crippen molar-refractivity contribution in [3.8, 4) is 5.40 Å². The first-order valence-electron chi connectivity index (χ1n) is 5.15. The Morgan fingerprint density at radius 2 is 2.00 bits per heavy atom. The molecule has 0 saturated heterocycles. The molecule has 1 rings (SSSR count). The summed E-state index contributed by atoms with van der Waals surface area (Å²) < 4.78 is 27.0. The lowest BCUT2D eigenvalue weighted by Gasteiger charge is -2.15. The van der Waals surface area contributed by atoms with Gasteiger partial charge in [-0.2, -0.15) is 5.26 Å². The molecule has 0 aliphatic carbocycles. The Hall–Kier alpha value is -1.08. The van der Waals surface area contributed by atoms with E-state index in [-0.39, 0.29) is 11.5 Å². The molecule has 0 saturated carbocycles. The molecule has 0 aliphatic rings. The van der Waals surface area contributed by atoms with Crippen LogP contribution in [0.3, 0.4) is 0 Å². The van der Waals surface area contributed by atoms with Gasteiger partial charge in [-0.25, -0.2) is 8.78 Å². The molecule has 16 heavy (non-hydrogen) atoms. The molecule has 0 heterocycles. The van der Waals surface area contributed by atoms with Crippen molar-refractivity contribution in [2.75, 3.05) is 5.75 Å². The third kappa shape index (κ3) is 3.21. The van der Waals surface area contributed by atoms with E-state index >= 15 is 0 Å². The van der Waals surface area contributed by atoms with Gasteiger partial charge in [-0.3, -0.25) is 0 Å². The lowest BCUT2D eigenvalue weighted by molar-refractivity contribution is 0.509. The van der Waals surface area contributed by atoms with Gasteiger partial charge in [0, 0.05) is 11.3 Å². The molecule has 4 heteroatoms. The summed E-state index contributed by atoms with van der Waals surface area (Å²) in [4.78, 5) is 0. The van der Waals surface area contributed by atoms with Crippen molar-refractivity contribution in [2.24, 2.45) is 0 Å². The summed E-state index contributed by atoms with van der Waals surface area (Å²) >= 11 is 1.12. The van der Waals surface area contributed by atoms with Gasteiger partial charge in [0.25, 0.3) is 0 Å². The third-order valence-corrected chi connectivity index (χ3v) is 3.10. The van der Waals surface area contributed by atoms with Crippen LogP contribution in [0.1, 0.15) is 31.2 Å². The highest BCUT2D eigenvalue weighted by Crippen LogP contribution is 2.29. The zero-order valence-corrected chi connectivity index (χ0v) is 9.86. The van der Waals surface area contributed by atoms with Crippen LogP contribution in [-0.2, 0) is 0 Å². The van der Waals surface area contributed by atoms with Crippen molar-refractivity contribution in [2.45, 2.75) is 25.7 Å². The predicted octanol–water partition coefficient (Wildman–Crippen LogP) is 4.06. The van der Waals surface area contributed by atoms with E-state index in [0.717, 1.165) is 11.8 Å². The third-order valence-electron chi connectivity index (χ3n) is 2.53. The summed E-state index contributed by atoms with van der Waals surface area (Å²) in [5.74, 6) is -0.535. The minimum atomic E-state index is -0.492. The maximum Gasteiger partial charge on any atom is 0.133 e. The average molecular weight is 241 g/mol. The molecule has 1 aromatic rings. The number of thioether (sulfide) groups is 1. The lowest BCUT2D eigenvalue weighted by atomic mass is 9.93. The number of benzene rings is 1. The van der Waals surface area contributed by atoms with Crippen molar-refractivity contribution < 1.29 is 8.78 Å². The normalized spacial score (nSPS) is 12.1. The molecular formula is C12H13F2NS. The summed E-state index contributed by atoms with van der Waals surface area (Å²) in [6.07, 6.45) is 1.29. The number of rotatable bonds is 5. The number of halogens is 2. The number of hydrogen-bond acceptors (Lipinski definition) is 2. The van der Waals surface area contributed by atoms with E-state index in [0.29, 0.717) is 18.6 Å². The Morgan fingerprint density at radius 1 is 1.38 bits per heavy atom. The molecule has 0 aliphatic heterocycles. The molecular weight excluding hydrogens is 228 g/mol. The number of nitrogens with zero attached hydrogens (tertiary/aromatic N) is 1. The van der Waals surface area contributed by atoms with Crippen LogP contribution in [0.25, 0.3) is 0 Å². The van der Waals surface area contributed by atoms with Crippen molar-refractivity contribution in [3.63, 3.8) is 0 Å². The minimum Gasteiger partial charge on any atom is -0.207 e. The molecule has 1 atom stereocenters. The van der Waals surface area contributed by atoms with E-state index in [2.05, 4.69) is 0 Å². The highest BCUT2D eigenvalue weighted by molar-refractivity contribution is 8.03. The number of thiocyanates is 1. The van der Waals surface area contributed by atoms with Crippen LogP contribution in [0.2, 0.25) is 0 Å². The standard InChI is InChI=1S/C12H13F2NS/c1-2-9(6-7-16-8-15)12-10(13)4-3-5-11(12)14/h3-5,9H,2,6-7H2,1H3. The Bertz CT molecular complexity index is 367. The van der Waals surface area contributed by atoms with E-state index in [1.807, 2.05) is 12.3 Å². The van der Waals surface area contributed by atoms with Crippen LogP contribution in [0.5, 0.6) is 0 Å². The topological polar surface area (TPSA) is 23.8 Å². The second kappa shape index (κ2) is 6.49. The molecule has 0 amide bonds. The Morgan fingerprint density at radius 3 is 2.50 bits per heavy atom. The van der Waals surface area contributed by atoms with Crippen LogP contribution in [0, 0.1) is 22.3 Å². The first-order chi connectivity index (χ1) is 7.70. The molecule has 0 aromatic heterocycles. The molecule has 1 aromatic carbocycles. The fourth-order valence-corrected chi connectivity index (χ4v) is 2.19. The van der Waals surface area contributed by atoms with Crippen molar-refractivity contribution >= 4 is 11.8 Å². The summed E-state index contributed by atoms with van der Waals surface area (Å²) in [6, 6.07) is 3.92. The van der Waals surface area contributed by atoms with Crippen molar-refractivity contribution in [1.82, 2.24) is 0 Å². The van der Waals surface area contributed by atoms with E-state index in [9.17, 15) is 8.78 Å². The zero-order chi connectivity index (χ0) is 12.0. The van der Waals surface area contributed by atoms with E-state index < -0.39 is 11.6 Å². The Labute approximate surface area is 98.5 Å². The maximum absolute atomic E-state index is 13.5. The van der Waals surface area contributed by atoms with Gasteiger partial charge in [0.15, 0.2) is 0 Å². The maximum atomic E-state index is 13.5. The van der Waals surface area contributed by atoms with Gasteiger partial charge in [-0.05, 0) is 42.7 Å². The van der Waals surface area contributed by atoms with Crippen LogP contribution in [0.15, 0.2) is 18.2 Å². The SMILES string of the molecule is CCC(CCSC#N)c1c(F)cccc1F. The highest BCUT2D eigenvalue weighted by Gasteiger charge is 2.18. The molecule has 1 unspecified atom stereocenters. The van der Waals surface area contributed by atoms with Crippen LogP contribution < -0.4 is 0 Å². The van der Waals surface area contributed by atoms with E-state index in [1.165, 1.54) is 18.2 Å². The van der Waals surface area contributed by atoms with E-state index in [4.69, 9.17) is 5.26 Å². The molecule has 0 N–H and O–H groups in total. The van der Waals surface area contributed by atoms with Gasteiger partial charge in [0.1, 0.15) is 17.0 Å². The molecule has 86 valence electrons. The predicted molar refractivity (Wildman–Crippen MR) is 62.1 cm³/mol. The Kier molecular flexibility index (Phi) is 5.27. The van der Waals surface area contributed by atoms with Gasteiger partial charge in [0.05, 0.1) is 0 Å². The van der Waals surface area contributed by atoms with Gasteiger partial charge < -0.3 is 0 Å². The summed E-state index contributed by atoms with van der Waals surface area (Å²) in [5, 5.41) is 10.4. The first kappa shape index (κ1) is 13.0. The second-order valence-corrected chi connectivity index (χ2v) is 4.35. The average Bonchev–Trinajstić information content (AvgIpc) is 2.26. The molecule has 0 fully saturated rings. The fraction of sp³-hybridized carbons (Fsp3) is 0.417. The fourth-order valence-electron chi connectivity index (χ4n) is 1.70. The monoisotopic (exact) mass is 241 g/mol. The van der Waals surface area contributed by atoms with Gasteiger partial charge in [-0.1, -0.05) is 13.0 Å². The van der Waals surface area contributed by atoms with Crippen LogP contribution in [0.4, 0.5) is 8.78 Å². The van der Waals surface area contributed by atoms with Gasteiger partial charge >= 0.3 is 0 Å². The van der Waals surface area contributed by atoms with Crippen LogP contribution >= 0.6 is 11.8 Å². The van der Waals surface area contributed by atoms with Crippen LogP contribution in [-0.4, -0.2) is 5.75 Å². The molecule has 0 radical (unpaired) electrons. The summed E-state index contributed by atoms with van der Waals surface area (Å²) in [6.45, 7) is 1.90. The molecule has 1 nitrogen and oxygen atoms in total. The number of nitriles is 1. The first-order valence-corrected chi connectivity index (χ1v) is 6.14. The van der Waals surface area contributed by atoms with E-state index in [1.54, 1.807) is 0 Å². The van der Waals surface area contributed by atoms with Crippen molar-refractivity contribution in [3.05, 3.63) is 35.4 Å². The summed E-state index contributed by atoms with van der Waals surface area (Å²) in [7, 11) is 0. The Balaban J connectivity index is 2.83. The van der Waals surface area contributed by atoms with Gasteiger partial charge in [-0.15, -0.1) is 0 Å². The molecule has 0 spiro atoms.